The molecular weight excluding hydrogens is 213 g/mol. The fourth-order valence-corrected chi connectivity index (χ4v) is 1.05. The molecule has 0 aliphatic heterocycles. The van der Waals surface area contributed by atoms with Gasteiger partial charge in [-0.15, -0.1) is 0 Å². The van der Waals surface area contributed by atoms with Crippen LogP contribution in [-0.2, 0) is 17.1 Å². The molecule has 0 saturated heterocycles. The molecule has 0 N–H and O–H groups in total. The van der Waals surface area contributed by atoms with Crippen LogP contribution in [0.25, 0.3) is 0 Å². The minimum absolute atomic E-state index is 0. The molecule has 13 heavy (non-hydrogen) atoms. The van der Waals surface area contributed by atoms with Crippen molar-refractivity contribution in [3.63, 3.8) is 0 Å². The van der Waals surface area contributed by atoms with Gasteiger partial charge in [-0.25, -0.2) is 0 Å². The number of hydrogen-bond acceptors (Lipinski definition) is 4. The van der Waals surface area contributed by atoms with Gasteiger partial charge >= 0.3 is 45.4 Å². The Hall–Kier alpha value is 1.90. The Labute approximate surface area is 119 Å². The van der Waals surface area contributed by atoms with Crippen LogP contribution in [0, 0.1) is 0 Å². The molecule has 0 aliphatic rings. The van der Waals surface area contributed by atoms with Crippen LogP contribution in [0.5, 0.6) is 0 Å². The molecule has 0 atom stereocenters. The first-order valence-electron chi connectivity index (χ1n) is 3.55. The van der Waals surface area contributed by atoms with Crippen LogP contribution in [0.2, 0.25) is 0 Å². The summed E-state index contributed by atoms with van der Waals surface area (Å²) in [6.07, 6.45) is 0. The standard InChI is InChI=1S/2C3H7O2.2Al.Na.5H/c2*1-5-3-2-4;;;;;;;;/h2*2-3H2,1H3;;;;;;;;/q2*-1;;+2;;;;;;. The maximum atomic E-state index is 5.16. The minimum atomic E-state index is -0.789. The Morgan fingerprint density at radius 1 is 0.846 bits per heavy atom. The molecule has 0 aromatic rings. The average Bonchev–Trinajstić information content (AvgIpc) is 2.03. The molecule has 0 radical (unpaired) electrons. The quantitative estimate of drug-likeness (QED) is 0.350. The summed E-state index contributed by atoms with van der Waals surface area (Å²) in [5.41, 5.74) is 0. The van der Waals surface area contributed by atoms with Crippen molar-refractivity contribution in [1.82, 2.24) is 0 Å². The fraction of sp³-hybridized carbons (Fsp3) is 1.00. The van der Waals surface area contributed by atoms with Crippen LogP contribution in [0.15, 0.2) is 0 Å². The van der Waals surface area contributed by atoms with E-state index in [1.807, 2.05) is 0 Å². The van der Waals surface area contributed by atoms with E-state index < -0.39 is 15.9 Å². The molecule has 0 heterocycles. The molecule has 0 rings (SSSR count). The topological polar surface area (TPSA) is 36.9 Å². The van der Waals surface area contributed by atoms with E-state index in [1.54, 1.807) is 14.2 Å². The number of methoxy groups -OCH3 is 2. The summed E-state index contributed by atoms with van der Waals surface area (Å²) in [6, 6.07) is 0. The Kier molecular flexibility index (Phi) is 30.5. The summed E-state index contributed by atoms with van der Waals surface area (Å²) in [6.45, 7) is 2.55. The second kappa shape index (κ2) is 19.5. The van der Waals surface area contributed by atoms with E-state index in [9.17, 15) is 0 Å². The normalized spacial score (nSPS) is 8.46. The zero-order valence-electron chi connectivity index (χ0n) is 7.17. The van der Waals surface area contributed by atoms with Gasteiger partial charge in [-0.05, 0) is 0 Å². The molecule has 0 saturated carbocycles. The van der Waals surface area contributed by atoms with Gasteiger partial charge in [-0.3, -0.25) is 0 Å². The molecule has 0 aromatic carbocycles. The Morgan fingerprint density at radius 2 is 1.23 bits per heavy atom. The van der Waals surface area contributed by atoms with E-state index in [1.165, 1.54) is 0 Å². The molecular formula is C6H19Al2NaO4. The summed E-state index contributed by atoms with van der Waals surface area (Å²) in [5, 5.41) is 0. The van der Waals surface area contributed by atoms with Gasteiger partial charge in [0.2, 0.25) is 0 Å². The summed E-state index contributed by atoms with van der Waals surface area (Å²) < 4.78 is 19.9. The molecule has 74 valence electrons. The molecule has 0 unspecified atom stereocenters. The zero-order valence-corrected chi connectivity index (χ0v) is 8.58. The van der Waals surface area contributed by atoms with Crippen molar-refractivity contribution in [3.8, 4) is 0 Å². The fourth-order valence-electron chi connectivity index (χ4n) is 0.461. The van der Waals surface area contributed by atoms with Crippen molar-refractivity contribution in [1.29, 1.82) is 0 Å². The molecule has 4 nitrogen and oxygen atoms in total. The van der Waals surface area contributed by atoms with Crippen molar-refractivity contribution in [3.05, 3.63) is 0 Å². The van der Waals surface area contributed by atoms with E-state index >= 15 is 0 Å². The number of hydrogen-bond donors (Lipinski definition) is 0. The van der Waals surface area contributed by atoms with Crippen LogP contribution in [0.1, 0.15) is 0 Å². The van der Waals surface area contributed by atoms with Gasteiger partial charge in [0.1, 0.15) is 0 Å². The SMILES string of the molecule is COCC[O][AlH][O]CCOC.[AlH3].[NaH]. The predicted octanol–water partition coefficient (Wildman–Crippen LogP) is -2.25. The molecule has 0 aliphatic carbocycles. The molecule has 0 aromatic heterocycles. The Morgan fingerprint density at radius 3 is 1.54 bits per heavy atom. The summed E-state index contributed by atoms with van der Waals surface area (Å²) in [4.78, 5) is 0. The van der Waals surface area contributed by atoms with Gasteiger partial charge in [-0.1, -0.05) is 0 Å². The molecule has 0 bridgehead atoms. The van der Waals surface area contributed by atoms with Crippen LogP contribution in [-0.4, -0.2) is 103 Å². The molecule has 0 fully saturated rings. The molecule has 7 heteroatoms. The number of ether oxygens (including phenoxy) is 2. The predicted molar refractivity (Wildman–Crippen MR) is 59.9 cm³/mol. The molecule has 0 amide bonds. The summed E-state index contributed by atoms with van der Waals surface area (Å²) in [5.74, 6) is 0. The van der Waals surface area contributed by atoms with Gasteiger partial charge in [0.15, 0.2) is 17.4 Å². The van der Waals surface area contributed by atoms with Crippen molar-refractivity contribution in [2.75, 3.05) is 40.6 Å². The second-order valence-corrected chi connectivity index (χ2v) is 2.97. The van der Waals surface area contributed by atoms with E-state index in [4.69, 9.17) is 17.1 Å². The Balaban J connectivity index is -0.000000500. The average molecular weight is 232 g/mol. The van der Waals surface area contributed by atoms with Crippen LogP contribution >= 0.6 is 0 Å². The molecule has 0 spiro atoms. The monoisotopic (exact) mass is 232 g/mol. The summed E-state index contributed by atoms with van der Waals surface area (Å²) in [7, 11) is 3.30. The number of rotatable bonds is 8. The van der Waals surface area contributed by atoms with Crippen molar-refractivity contribution >= 4 is 62.8 Å². The van der Waals surface area contributed by atoms with Crippen LogP contribution in [0.3, 0.4) is 0 Å². The maximum absolute atomic E-state index is 5.16. The van der Waals surface area contributed by atoms with Gasteiger partial charge in [0.05, 0.1) is 13.2 Å². The zero-order chi connectivity index (χ0) is 8.36. The van der Waals surface area contributed by atoms with E-state index in [2.05, 4.69) is 0 Å². The van der Waals surface area contributed by atoms with E-state index in [0.29, 0.717) is 26.4 Å². The first-order valence-corrected chi connectivity index (χ1v) is 4.70. The first kappa shape index (κ1) is 20.3. The first-order chi connectivity index (χ1) is 5.41. The third kappa shape index (κ3) is 20.1. The third-order valence-electron chi connectivity index (χ3n) is 1.03. The van der Waals surface area contributed by atoms with E-state index in [0.717, 1.165) is 0 Å². The van der Waals surface area contributed by atoms with Gasteiger partial charge < -0.3 is 17.1 Å². The Bertz CT molecular complexity index is 71.7. The second-order valence-electron chi connectivity index (χ2n) is 1.92. The van der Waals surface area contributed by atoms with Crippen LogP contribution < -0.4 is 0 Å². The van der Waals surface area contributed by atoms with Gasteiger partial charge in [-0.2, -0.15) is 0 Å². The van der Waals surface area contributed by atoms with E-state index in [-0.39, 0.29) is 46.9 Å². The third-order valence-corrected chi connectivity index (χ3v) is 1.94. The van der Waals surface area contributed by atoms with Gasteiger partial charge in [0.25, 0.3) is 0 Å². The van der Waals surface area contributed by atoms with Crippen LogP contribution in [0.4, 0.5) is 0 Å². The van der Waals surface area contributed by atoms with Crippen molar-refractivity contribution in [2.24, 2.45) is 0 Å². The van der Waals surface area contributed by atoms with Crippen molar-refractivity contribution in [2.45, 2.75) is 0 Å². The van der Waals surface area contributed by atoms with Crippen molar-refractivity contribution < 1.29 is 17.1 Å². The van der Waals surface area contributed by atoms with Gasteiger partial charge in [0, 0.05) is 27.4 Å². The summed E-state index contributed by atoms with van der Waals surface area (Å²) >= 11 is -0.789.